The molecule has 0 saturated carbocycles. The molecule has 5 atom stereocenters. The van der Waals surface area contributed by atoms with Crippen molar-refractivity contribution in [2.75, 3.05) is 16.8 Å². The molecule has 1 unspecified atom stereocenters. The highest BCUT2D eigenvalue weighted by Crippen LogP contribution is 2.53. The van der Waals surface area contributed by atoms with Gasteiger partial charge in [0.25, 0.3) is 11.6 Å². The number of nitrogens with zero attached hydrogens (tertiary/aromatic N) is 2. The van der Waals surface area contributed by atoms with Crippen molar-refractivity contribution in [3.8, 4) is 0 Å². The molecule has 2 aromatic carbocycles. The lowest BCUT2D eigenvalue weighted by atomic mass is 9.75. The SMILES string of the molecule is Cc1c(Cl)ccc2c1NC(=O)[C@@]21[C@@H]2C(=O)N(c3ccc(Cl)c([N+](=O)[O-])c3)C(=O)[C@@H]2[C@@H]2CCC[NH+]21. The van der Waals surface area contributed by atoms with E-state index in [0.717, 1.165) is 22.3 Å². The third kappa shape index (κ3) is 2.41. The summed E-state index contributed by atoms with van der Waals surface area (Å²) in [7, 11) is 0. The molecule has 4 aliphatic rings. The average Bonchev–Trinajstić information content (AvgIpc) is 3.50. The maximum atomic E-state index is 13.9. The van der Waals surface area contributed by atoms with Crippen LogP contribution in [0.25, 0.3) is 0 Å². The van der Waals surface area contributed by atoms with Crippen LogP contribution in [0.5, 0.6) is 0 Å². The first-order valence-corrected chi connectivity index (χ1v) is 11.7. The number of nitro groups is 1. The minimum atomic E-state index is -1.25. The van der Waals surface area contributed by atoms with Gasteiger partial charge >= 0.3 is 0 Å². The van der Waals surface area contributed by atoms with E-state index in [0.29, 0.717) is 34.8 Å². The molecule has 174 valence electrons. The second kappa shape index (κ2) is 7.00. The third-order valence-electron chi connectivity index (χ3n) is 7.97. The molecule has 3 saturated heterocycles. The fourth-order valence-corrected chi connectivity index (χ4v) is 7.03. The van der Waals surface area contributed by atoms with E-state index in [9.17, 15) is 24.5 Å². The zero-order chi connectivity index (χ0) is 24.1. The van der Waals surface area contributed by atoms with E-state index in [4.69, 9.17) is 23.2 Å². The lowest BCUT2D eigenvalue weighted by molar-refractivity contribution is -0.948. The summed E-state index contributed by atoms with van der Waals surface area (Å²) >= 11 is 12.3. The number of anilines is 2. The number of amides is 3. The van der Waals surface area contributed by atoms with E-state index in [-0.39, 0.29) is 22.7 Å². The van der Waals surface area contributed by atoms with Gasteiger partial charge in [-0.15, -0.1) is 0 Å². The molecule has 3 amide bonds. The van der Waals surface area contributed by atoms with Crippen molar-refractivity contribution >= 4 is 58.0 Å². The summed E-state index contributed by atoms with van der Waals surface area (Å²) in [6, 6.07) is 7.15. The monoisotopic (exact) mass is 501 g/mol. The first-order valence-electron chi connectivity index (χ1n) is 11.0. The topological polar surface area (TPSA) is 114 Å². The Morgan fingerprint density at radius 1 is 1.15 bits per heavy atom. The van der Waals surface area contributed by atoms with Gasteiger partial charge in [-0.1, -0.05) is 23.2 Å². The van der Waals surface area contributed by atoms with Crippen LogP contribution in [0.15, 0.2) is 30.3 Å². The first kappa shape index (κ1) is 21.5. The maximum absolute atomic E-state index is 13.9. The molecule has 1 spiro atoms. The highest BCUT2D eigenvalue weighted by molar-refractivity contribution is 6.33. The molecule has 9 nitrogen and oxygen atoms in total. The number of nitro benzene ring substituents is 1. The largest absolute Gasteiger partial charge is 0.319 e. The molecule has 34 heavy (non-hydrogen) atoms. The molecule has 4 aliphatic heterocycles. The van der Waals surface area contributed by atoms with E-state index in [1.807, 2.05) is 6.92 Å². The van der Waals surface area contributed by atoms with Crippen LogP contribution in [0.1, 0.15) is 24.0 Å². The van der Waals surface area contributed by atoms with Gasteiger partial charge in [0, 0.05) is 29.5 Å². The Morgan fingerprint density at radius 2 is 1.88 bits per heavy atom. The first-order chi connectivity index (χ1) is 16.2. The Morgan fingerprint density at radius 3 is 2.62 bits per heavy atom. The zero-order valence-electron chi connectivity index (χ0n) is 17.9. The van der Waals surface area contributed by atoms with Gasteiger partial charge in [0.05, 0.1) is 22.8 Å². The molecule has 6 rings (SSSR count). The van der Waals surface area contributed by atoms with Crippen molar-refractivity contribution in [3.05, 3.63) is 61.6 Å². The average molecular weight is 502 g/mol. The number of fused-ring (bicyclic) bond motifs is 7. The zero-order valence-corrected chi connectivity index (χ0v) is 19.4. The van der Waals surface area contributed by atoms with Crippen molar-refractivity contribution in [3.63, 3.8) is 0 Å². The lowest BCUT2D eigenvalue weighted by Gasteiger charge is -2.33. The minimum Gasteiger partial charge on any atom is -0.319 e. The highest BCUT2D eigenvalue weighted by atomic mass is 35.5. The van der Waals surface area contributed by atoms with Crippen LogP contribution < -0.4 is 15.1 Å². The summed E-state index contributed by atoms with van der Waals surface area (Å²) in [5.74, 6) is -2.89. The fourth-order valence-electron chi connectivity index (χ4n) is 6.68. The number of rotatable bonds is 2. The summed E-state index contributed by atoms with van der Waals surface area (Å²) in [6.45, 7) is 2.48. The van der Waals surface area contributed by atoms with Gasteiger partial charge in [-0.25, -0.2) is 4.90 Å². The van der Waals surface area contributed by atoms with Gasteiger partial charge in [0.2, 0.25) is 17.4 Å². The van der Waals surface area contributed by atoms with Crippen LogP contribution in [-0.2, 0) is 19.9 Å². The van der Waals surface area contributed by atoms with Crippen LogP contribution in [0.4, 0.5) is 17.1 Å². The summed E-state index contributed by atoms with van der Waals surface area (Å²) < 4.78 is 0. The Bertz CT molecular complexity index is 1350. The Hall–Kier alpha value is -3.01. The van der Waals surface area contributed by atoms with Gasteiger partial charge < -0.3 is 10.2 Å². The molecule has 0 radical (unpaired) electrons. The predicted molar refractivity (Wildman–Crippen MR) is 123 cm³/mol. The predicted octanol–water partition coefficient (Wildman–Crippen LogP) is 2.22. The standard InChI is InChI=1S/C23H18Cl2N4O5/c1-10-13(24)7-5-12-19(10)26-22(32)23(12)18-17(15-3-2-8-27(15)23)20(30)28(21(18)31)11-4-6-14(25)16(9-11)29(33)34/h4-7,9,15,17-18H,2-3,8H2,1H3,(H,26,32)/p+1/t15-,17+,18-,23-/m0/s1. The van der Waals surface area contributed by atoms with Gasteiger partial charge in [0.1, 0.15) is 22.9 Å². The van der Waals surface area contributed by atoms with E-state index in [1.165, 1.54) is 12.1 Å². The van der Waals surface area contributed by atoms with Crippen molar-refractivity contribution in [2.45, 2.75) is 31.3 Å². The summed E-state index contributed by atoms with van der Waals surface area (Å²) in [4.78, 5) is 54.1. The summed E-state index contributed by atoms with van der Waals surface area (Å²) in [5, 5.41) is 14.8. The Labute approximate surface area is 203 Å². The number of hydrogen-bond donors (Lipinski definition) is 2. The number of halogens is 2. The smallest absolute Gasteiger partial charge is 0.291 e. The van der Waals surface area contributed by atoms with Crippen LogP contribution in [-0.4, -0.2) is 35.2 Å². The van der Waals surface area contributed by atoms with Crippen LogP contribution in [0.3, 0.4) is 0 Å². The lowest BCUT2D eigenvalue weighted by Crippen LogP contribution is -3.19. The number of imide groups is 1. The van der Waals surface area contributed by atoms with Crippen LogP contribution >= 0.6 is 23.2 Å². The Kier molecular flexibility index (Phi) is 4.43. The molecule has 0 bridgehead atoms. The second-order valence-electron chi connectivity index (χ2n) is 9.29. The molecule has 0 aromatic heterocycles. The highest BCUT2D eigenvalue weighted by Gasteiger charge is 2.78. The van der Waals surface area contributed by atoms with Crippen LogP contribution in [0.2, 0.25) is 10.0 Å². The Balaban J connectivity index is 1.54. The molecule has 3 fully saturated rings. The van der Waals surface area contributed by atoms with Crippen molar-refractivity contribution in [2.24, 2.45) is 11.8 Å². The maximum Gasteiger partial charge on any atom is 0.291 e. The normalized spacial score (nSPS) is 31.1. The number of hydrogen-bond acceptors (Lipinski definition) is 5. The summed E-state index contributed by atoms with van der Waals surface area (Å²) in [5.41, 5.74) is 0.423. The van der Waals surface area contributed by atoms with E-state index >= 15 is 0 Å². The number of quaternary nitrogens is 1. The molecule has 11 heteroatoms. The second-order valence-corrected chi connectivity index (χ2v) is 10.1. The number of carbonyl (C=O) groups excluding carboxylic acids is 3. The number of nitrogens with one attached hydrogen (secondary N) is 2. The molecular formula is C23H19Cl2N4O5+. The fraction of sp³-hybridized carbons (Fsp3) is 0.348. The van der Waals surface area contributed by atoms with E-state index < -0.39 is 39.8 Å². The number of benzene rings is 2. The van der Waals surface area contributed by atoms with Crippen molar-refractivity contribution in [1.82, 2.24) is 0 Å². The van der Waals surface area contributed by atoms with Crippen molar-refractivity contribution < 1.29 is 24.2 Å². The van der Waals surface area contributed by atoms with Crippen LogP contribution in [0, 0.1) is 28.9 Å². The molecule has 2 aromatic rings. The van der Waals surface area contributed by atoms with E-state index in [1.54, 1.807) is 12.1 Å². The van der Waals surface area contributed by atoms with Crippen molar-refractivity contribution in [1.29, 1.82) is 0 Å². The van der Waals surface area contributed by atoms with Gasteiger partial charge in [0.15, 0.2) is 0 Å². The third-order valence-corrected chi connectivity index (χ3v) is 8.70. The van der Waals surface area contributed by atoms with Gasteiger partial charge in [-0.05, 0) is 36.8 Å². The van der Waals surface area contributed by atoms with Gasteiger partial charge in [-0.2, -0.15) is 0 Å². The minimum absolute atomic E-state index is 0.0844. The molecule has 4 heterocycles. The van der Waals surface area contributed by atoms with Gasteiger partial charge in [-0.3, -0.25) is 24.5 Å². The van der Waals surface area contributed by atoms with E-state index in [2.05, 4.69) is 5.32 Å². The molecule has 2 N–H and O–H groups in total. The quantitative estimate of drug-likeness (QED) is 0.372. The molecule has 0 aliphatic carbocycles. The number of carbonyl (C=O) groups is 3. The summed E-state index contributed by atoms with van der Waals surface area (Å²) in [6.07, 6.45) is 1.54. The molecular weight excluding hydrogens is 483 g/mol.